The summed E-state index contributed by atoms with van der Waals surface area (Å²) in [5.74, 6) is 1.03. The molecule has 2 aromatic rings. The minimum Gasteiger partial charge on any atom is -0.370 e. The Kier molecular flexibility index (Phi) is 4.59. The number of hydrogen-bond donors (Lipinski definition) is 3. The van der Waals surface area contributed by atoms with Crippen LogP contribution in [0.15, 0.2) is 33.8 Å². The molecular formula is C11H11ClN6OS. The van der Waals surface area contributed by atoms with Crippen LogP contribution in [0.1, 0.15) is 5.82 Å². The van der Waals surface area contributed by atoms with Crippen LogP contribution in [0.5, 0.6) is 0 Å². The van der Waals surface area contributed by atoms with Gasteiger partial charge < -0.3 is 16.0 Å². The number of amidine groups is 1. The van der Waals surface area contributed by atoms with Crippen molar-refractivity contribution in [3.8, 4) is 11.5 Å². The van der Waals surface area contributed by atoms with E-state index >= 15 is 0 Å². The van der Waals surface area contributed by atoms with Crippen molar-refractivity contribution in [2.45, 2.75) is 5.75 Å². The molecule has 0 radical (unpaired) electrons. The summed E-state index contributed by atoms with van der Waals surface area (Å²) in [6, 6.07) is 7.05. The van der Waals surface area contributed by atoms with Crippen molar-refractivity contribution in [2.24, 2.45) is 16.5 Å². The highest BCUT2D eigenvalue weighted by atomic mass is 35.5. The molecule has 104 valence electrons. The second-order valence-electron chi connectivity index (χ2n) is 3.65. The van der Waals surface area contributed by atoms with Crippen LogP contribution in [0.3, 0.4) is 0 Å². The van der Waals surface area contributed by atoms with Gasteiger partial charge >= 0.3 is 0 Å². The first kappa shape index (κ1) is 14.4. The summed E-state index contributed by atoms with van der Waals surface area (Å²) >= 11 is 6.90. The van der Waals surface area contributed by atoms with E-state index < -0.39 is 0 Å². The molecule has 0 bridgehead atoms. The third-order valence-corrected chi connectivity index (χ3v) is 3.15. The summed E-state index contributed by atoms with van der Waals surface area (Å²) in [6.07, 6.45) is 0. The van der Waals surface area contributed by atoms with E-state index in [9.17, 15) is 0 Å². The van der Waals surface area contributed by atoms with Crippen LogP contribution >= 0.6 is 23.4 Å². The maximum absolute atomic E-state index is 7.48. The zero-order chi connectivity index (χ0) is 14.5. The molecule has 0 aliphatic heterocycles. The van der Waals surface area contributed by atoms with Gasteiger partial charge in [-0.1, -0.05) is 28.5 Å². The summed E-state index contributed by atoms with van der Waals surface area (Å²) in [5.41, 5.74) is 11.1. The van der Waals surface area contributed by atoms with E-state index in [2.05, 4.69) is 15.1 Å². The molecule has 1 heterocycles. The monoisotopic (exact) mass is 310 g/mol. The first-order valence-corrected chi connectivity index (χ1v) is 6.80. The molecule has 0 fully saturated rings. The SMILES string of the molecule is N=C(N=C(N)N)SCc1noc(-c2ccc(Cl)cc2)n1. The number of nitrogens with one attached hydrogen (secondary N) is 1. The fraction of sp³-hybridized carbons (Fsp3) is 0.0909. The third-order valence-electron chi connectivity index (χ3n) is 2.13. The molecule has 0 amide bonds. The molecule has 0 saturated heterocycles. The van der Waals surface area contributed by atoms with Crippen molar-refractivity contribution < 1.29 is 4.52 Å². The summed E-state index contributed by atoms with van der Waals surface area (Å²) in [5, 5.41) is 11.9. The molecule has 0 aliphatic carbocycles. The Bertz CT molecular complexity index is 635. The highest BCUT2D eigenvalue weighted by molar-refractivity contribution is 8.13. The van der Waals surface area contributed by atoms with Gasteiger partial charge in [0.05, 0.1) is 5.75 Å². The lowest BCUT2D eigenvalue weighted by Gasteiger charge is -1.95. The van der Waals surface area contributed by atoms with Gasteiger partial charge in [0.1, 0.15) is 0 Å². The largest absolute Gasteiger partial charge is 0.370 e. The topological polar surface area (TPSA) is 127 Å². The maximum Gasteiger partial charge on any atom is 0.257 e. The van der Waals surface area contributed by atoms with Crippen LogP contribution in [-0.2, 0) is 5.75 Å². The number of guanidine groups is 1. The number of hydrogen-bond acceptors (Lipinski definition) is 5. The molecule has 7 nitrogen and oxygen atoms in total. The predicted octanol–water partition coefficient (Wildman–Crippen LogP) is 1.83. The number of thioether (sulfide) groups is 1. The Morgan fingerprint density at radius 2 is 2.05 bits per heavy atom. The van der Waals surface area contributed by atoms with E-state index in [1.165, 1.54) is 0 Å². The molecule has 20 heavy (non-hydrogen) atoms. The van der Waals surface area contributed by atoms with Crippen molar-refractivity contribution >= 4 is 34.5 Å². The Labute approximate surface area is 123 Å². The standard InChI is InChI=1S/C11H11ClN6OS/c12-7-3-1-6(2-4-7)9-16-8(18-19-9)5-20-11(15)17-10(13)14/h1-4H,5H2,(H5,13,14,15,17). The quantitative estimate of drug-likeness (QED) is 0.586. The van der Waals surface area contributed by atoms with E-state index in [1.807, 2.05) is 0 Å². The molecule has 1 aromatic heterocycles. The second-order valence-corrected chi connectivity index (χ2v) is 5.05. The Hall–Kier alpha value is -2.06. The van der Waals surface area contributed by atoms with Crippen molar-refractivity contribution in [2.75, 3.05) is 0 Å². The molecule has 0 aliphatic rings. The van der Waals surface area contributed by atoms with Gasteiger partial charge in [-0.3, -0.25) is 5.41 Å². The lowest BCUT2D eigenvalue weighted by molar-refractivity contribution is 0.425. The zero-order valence-electron chi connectivity index (χ0n) is 10.2. The van der Waals surface area contributed by atoms with Crippen LogP contribution in [-0.4, -0.2) is 21.3 Å². The lowest BCUT2D eigenvalue weighted by atomic mass is 10.2. The summed E-state index contributed by atoms with van der Waals surface area (Å²) in [6.45, 7) is 0. The number of benzene rings is 1. The molecule has 0 atom stereocenters. The van der Waals surface area contributed by atoms with E-state index in [0.29, 0.717) is 22.5 Å². The fourth-order valence-electron chi connectivity index (χ4n) is 1.30. The van der Waals surface area contributed by atoms with Gasteiger partial charge in [-0.25, -0.2) is 0 Å². The first-order valence-electron chi connectivity index (χ1n) is 5.44. The van der Waals surface area contributed by atoms with Crippen LogP contribution < -0.4 is 11.5 Å². The van der Waals surface area contributed by atoms with Crippen LogP contribution in [0.4, 0.5) is 0 Å². The number of aliphatic imine (C=N–C) groups is 1. The second kappa shape index (κ2) is 6.40. The minimum absolute atomic E-state index is 0.0113. The van der Waals surface area contributed by atoms with E-state index in [-0.39, 0.29) is 11.1 Å². The maximum atomic E-state index is 7.48. The average molecular weight is 311 g/mol. The number of aromatic nitrogens is 2. The van der Waals surface area contributed by atoms with Crippen molar-refractivity contribution in [3.63, 3.8) is 0 Å². The fourth-order valence-corrected chi connectivity index (χ4v) is 1.98. The van der Waals surface area contributed by atoms with Gasteiger partial charge in [-0.05, 0) is 24.3 Å². The average Bonchev–Trinajstić information content (AvgIpc) is 2.85. The highest BCUT2D eigenvalue weighted by Gasteiger charge is 2.09. The zero-order valence-corrected chi connectivity index (χ0v) is 11.8. The summed E-state index contributed by atoms with van der Waals surface area (Å²) < 4.78 is 5.13. The van der Waals surface area contributed by atoms with Crippen molar-refractivity contribution in [3.05, 3.63) is 35.1 Å². The van der Waals surface area contributed by atoms with Crippen molar-refractivity contribution in [1.29, 1.82) is 5.41 Å². The Balaban J connectivity index is 2.01. The minimum atomic E-state index is -0.155. The number of halogens is 1. The van der Waals surface area contributed by atoms with Gasteiger partial charge in [-0.2, -0.15) is 9.98 Å². The third kappa shape index (κ3) is 3.97. The van der Waals surface area contributed by atoms with Gasteiger partial charge in [0.2, 0.25) is 0 Å². The lowest BCUT2D eigenvalue weighted by Crippen LogP contribution is -2.23. The highest BCUT2D eigenvalue weighted by Crippen LogP contribution is 2.21. The molecule has 1 aromatic carbocycles. The first-order chi connectivity index (χ1) is 9.54. The van der Waals surface area contributed by atoms with E-state index in [4.69, 9.17) is 33.0 Å². The number of nitrogens with zero attached hydrogens (tertiary/aromatic N) is 3. The Morgan fingerprint density at radius 1 is 1.35 bits per heavy atom. The van der Waals surface area contributed by atoms with Gasteiger partial charge in [-0.15, -0.1) is 0 Å². The van der Waals surface area contributed by atoms with Crippen LogP contribution in [0, 0.1) is 5.41 Å². The van der Waals surface area contributed by atoms with Gasteiger partial charge in [0, 0.05) is 10.6 Å². The Morgan fingerprint density at radius 3 is 2.70 bits per heavy atom. The summed E-state index contributed by atoms with van der Waals surface area (Å²) in [4.78, 5) is 7.80. The normalized spacial score (nSPS) is 10.2. The van der Waals surface area contributed by atoms with E-state index in [1.54, 1.807) is 24.3 Å². The molecule has 9 heteroatoms. The van der Waals surface area contributed by atoms with E-state index in [0.717, 1.165) is 17.3 Å². The van der Waals surface area contributed by atoms with Crippen LogP contribution in [0.25, 0.3) is 11.5 Å². The van der Waals surface area contributed by atoms with Gasteiger partial charge in [0.15, 0.2) is 17.0 Å². The van der Waals surface area contributed by atoms with Crippen LogP contribution in [0.2, 0.25) is 5.02 Å². The molecular weight excluding hydrogens is 300 g/mol. The predicted molar refractivity (Wildman–Crippen MR) is 79.6 cm³/mol. The molecule has 5 N–H and O–H groups in total. The van der Waals surface area contributed by atoms with Crippen molar-refractivity contribution in [1.82, 2.24) is 10.1 Å². The molecule has 0 spiro atoms. The molecule has 0 saturated carbocycles. The summed E-state index contributed by atoms with van der Waals surface area (Å²) in [7, 11) is 0. The van der Waals surface area contributed by atoms with Gasteiger partial charge in [0.25, 0.3) is 5.89 Å². The molecule has 0 unspecified atom stereocenters. The molecule has 2 rings (SSSR count). The number of rotatable bonds is 3. The smallest absolute Gasteiger partial charge is 0.257 e. The number of nitrogens with two attached hydrogens (primary N) is 2.